The van der Waals surface area contributed by atoms with Gasteiger partial charge in [-0.1, -0.05) is 46.0 Å². The molecule has 0 aromatic heterocycles. The molecule has 0 aliphatic rings. The summed E-state index contributed by atoms with van der Waals surface area (Å²) < 4.78 is 38.7. The molecule has 1 nitrogen and oxygen atoms in total. The average molecular weight is 268 g/mol. The van der Waals surface area contributed by atoms with Gasteiger partial charge in [0.05, 0.1) is 5.92 Å². The van der Waals surface area contributed by atoms with Gasteiger partial charge in [-0.25, -0.2) is 0 Å². The van der Waals surface area contributed by atoms with Crippen LogP contribution >= 0.6 is 0 Å². The van der Waals surface area contributed by atoms with E-state index in [1.54, 1.807) is 0 Å². The standard InChI is InChI=1S/C14H27F3O/c1-3-5-8-12(7-4-2)11-13(9-6-10-18)14(15,16)17/h12-13,18H,3-11H2,1-2H3. The molecule has 0 rings (SSSR count). The van der Waals surface area contributed by atoms with Crippen LogP contribution in [0.15, 0.2) is 0 Å². The maximum atomic E-state index is 12.9. The van der Waals surface area contributed by atoms with Gasteiger partial charge in [0, 0.05) is 6.61 Å². The summed E-state index contributed by atoms with van der Waals surface area (Å²) in [6.07, 6.45) is 1.19. The summed E-state index contributed by atoms with van der Waals surface area (Å²) in [5.41, 5.74) is 0. The van der Waals surface area contributed by atoms with E-state index in [-0.39, 0.29) is 31.8 Å². The first kappa shape index (κ1) is 17.8. The van der Waals surface area contributed by atoms with E-state index in [9.17, 15) is 13.2 Å². The zero-order chi connectivity index (χ0) is 14.0. The molecular formula is C14H27F3O. The molecule has 0 aliphatic carbocycles. The molecule has 0 bridgehead atoms. The molecule has 0 amide bonds. The van der Waals surface area contributed by atoms with Gasteiger partial charge in [-0.15, -0.1) is 0 Å². The lowest BCUT2D eigenvalue weighted by molar-refractivity contribution is -0.182. The third kappa shape index (κ3) is 7.96. The molecule has 0 heterocycles. The van der Waals surface area contributed by atoms with Crippen molar-refractivity contribution in [1.82, 2.24) is 0 Å². The Labute approximate surface area is 109 Å². The number of halogens is 3. The van der Waals surface area contributed by atoms with E-state index < -0.39 is 12.1 Å². The van der Waals surface area contributed by atoms with Crippen molar-refractivity contribution in [3.05, 3.63) is 0 Å². The molecule has 18 heavy (non-hydrogen) atoms. The second-order valence-electron chi connectivity index (χ2n) is 5.14. The van der Waals surface area contributed by atoms with Crippen LogP contribution in [0.5, 0.6) is 0 Å². The van der Waals surface area contributed by atoms with Gasteiger partial charge in [0.25, 0.3) is 0 Å². The van der Waals surface area contributed by atoms with E-state index in [2.05, 4.69) is 6.92 Å². The zero-order valence-corrected chi connectivity index (χ0v) is 11.6. The molecule has 1 N–H and O–H groups in total. The van der Waals surface area contributed by atoms with Crippen molar-refractivity contribution in [3.8, 4) is 0 Å². The molecule has 0 fully saturated rings. The number of hydrogen-bond donors (Lipinski definition) is 1. The smallest absolute Gasteiger partial charge is 0.391 e. The Balaban J connectivity index is 4.38. The van der Waals surface area contributed by atoms with Gasteiger partial charge in [-0.3, -0.25) is 0 Å². The third-order valence-corrected chi connectivity index (χ3v) is 3.45. The van der Waals surface area contributed by atoms with Crippen molar-refractivity contribution in [2.24, 2.45) is 11.8 Å². The van der Waals surface area contributed by atoms with Gasteiger partial charge in [-0.05, 0) is 25.2 Å². The van der Waals surface area contributed by atoms with Crippen molar-refractivity contribution in [1.29, 1.82) is 0 Å². The molecule has 0 aromatic rings. The number of aliphatic hydroxyl groups excluding tert-OH is 1. The highest BCUT2D eigenvalue weighted by Gasteiger charge is 2.39. The Bertz CT molecular complexity index is 192. The lowest BCUT2D eigenvalue weighted by Crippen LogP contribution is -2.26. The summed E-state index contributed by atoms with van der Waals surface area (Å²) in [6, 6.07) is 0. The second kappa shape index (κ2) is 9.65. The third-order valence-electron chi connectivity index (χ3n) is 3.45. The van der Waals surface area contributed by atoms with Crippen LogP contribution in [0.1, 0.15) is 65.2 Å². The molecule has 2 unspecified atom stereocenters. The monoisotopic (exact) mass is 268 g/mol. The van der Waals surface area contributed by atoms with Gasteiger partial charge in [0.2, 0.25) is 0 Å². The fraction of sp³-hybridized carbons (Fsp3) is 1.00. The fourth-order valence-electron chi connectivity index (χ4n) is 2.44. The number of alkyl halides is 3. The van der Waals surface area contributed by atoms with Crippen LogP contribution in [0.3, 0.4) is 0 Å². The molecule has 0 aromatic carbocycles. The lowest BCUT2D eigenvalue weighted by atomic mass is 9.85. The number of unbranched alkanes of at least 4 members (excludes halogenated alkanes) is 1. The molecule has 0 saturated carbocycles. The predicted octanol–water partition coefficient (Wildman–Crippen LogP) is 4.93. The molecule has 2 atom stereocenters. The van der Waals surface area contributed by atoms with E-state index >= 15 is 0 Å². The van der Waals surface area contributed by atoms with Crippen molar-refractivity contribution in [2.45, 2.75) is 71.4 Å². The maximum absolute atomic E-state index is 12.9. The molecule has 4 heteroatoms. The topological polar surface area (TPSA) is 20.2 Å². The van der Waals surface area contributed by atoms with E-state index in [1.807, 2.05) is 6.92 Å². The van der Waals surface area contributed by atoms with Crippen molar-refractivity contribution in [2.75, 3.05) is 6.61 Å². The largest absolute Gasteiger partial charge is 0.396 e. The summed E-state index contributed by atoms with van der Waals surface area (Å²) in [6.45, 7) is 3.94. The number of aliphatic hydroxyl groups is 1. The van der Waals surface area contributed by atoms with Crippen LogP contribution < -0.4 is 0 Å². The second-order valence-corrected chi connectivity index (χ2v) is 5.14. The zero-order valence-electron chi connectivity index (χ0n) is 11.6. The Morgan fingerprint density at radius 1 is 0.944 bits per heavy atom. The number of rotatable bonds is 10. The van der Waals surface area contributed by atoms with Gasteiger partial charge in [-0.2, -0.15) is 13.2 Å². The first-order chi connectivity index (χ1) is 8.45. The fourth-order valence-corrected chi connectivity index (χ4v) is 2.44. The van der Waals surface area contributed by atoms with E-state index in [1.165, 1.54) is 0 Å². The normalized spacial score (nSPS) is 15.7. The Morgan fingerprint density at radius 3 is 2.06 bits per heavy atom. The molecule has 0 radical (unpaired) electrons. The minimum atomic E-state index is -4.12. The van der Waals surface area contributed by atoms with Crippen LogP contribution in [0.25, 0.3) is 0 Å². The van der Waals surface area contributed by atoms with Gasteiger partial charge < -0.3 is 5.11 Å². The Kier molecular flexibility index (Phi) is 9.52. The highest BCUT2D eigenvalue weighted by molar-refractivity contribution is 4.73. The average Bonchev–Trinajstić information content (AvgIpc) is 2.29. The van der Waals surface area contributed by atoms with Crippen LogP contribution in [-0.2, 0) is 0 Å². The van der Waals surface area contributed by atoms with Crippen LogP contribution in [0, 0.1) is 11.8 Å². The highest BCUT2D eigenvalue weighted by Crippen LogP contribution is 2.36. The Hall–Kier alpha value is -0.250. The minimum Gasteiger partial charge on any atom is -0.396 e. The lowest BCUT2D eigenvalue weighted by Gasteiger charge is -2.25. The predicted molar refractivity (Wildman–Crippen MR) is 68.4 cm³/mol. The van der Waals surface area contributed by atoms with E-state index in [0.29, 0.717) is 0 Å². The van der Waals surface area contributed by atoms with E-state index in [0.717, 1.165) is 32.1 Å². The van der Waals surface area contributed by atoms with Crippen molar-refractivity contribution >= 4 is 0 Å². The highest BCUT2D eigenvalue weighted by atomic mass is 19.4. The summed E-state index contributed by atoms with van der Waals surface area (Å²) in [7, 11) is 0. The first-order valence-corrected chi connectivity index (χ1v) is 7.13. The van der Waals surface area contributed by atoms with E-state index in [4.69, 9.17) is 5.11 Å². The molecule has 0 spiro atoms. The quantitative estimate of drug-likeness (QED) is 0.595. The minimum absolute atomic E-state index is 0.0618. The van der Waals surface area contributed by atoms with Gasteiger partial charge in [0.1, 0.15) is 0 Å². The molecule has 110 valence electrons. The maximum Gasteiger partial charge on any atom is 0.391 e. The van der Waals surface area contributed by atoms with Gasteiger partial charge >= 0.3 is 6.18 Å². The van der Waals surface area contributed by atoms with Crippen molar-refractivity contribution < 1.29 is 18.3 Å². The van der Waals surface area contributed by atoms with Crippen LogP contribution in [0.4, 0.5) is 13.2 Å². The molecule has 0 saturated heterocycles. The molecule has 0 aliphatic heterocycles. The SMILES string of the molecule is CCCCC(CCC)CC(CCCO)C(F)(F)F. The summed E-state index contributed by atoms with van der Waals surface area (Å²) in [5.74, 6) is -1.06. The number of hydrogen-bond acceptors (Lipinski definition) is 1. The summed E-state index contributed by atoms with van der Waals surface area (Å²) in [4.78, 5) is 0. The van der Waals surface area contributed by atoms with Crippen molar-refractivity contribution in [3.63, 3.8) is 0 Å². The van der Waals surface area contributed by atoms with Crippen LogP contribution in [-0.4, -0.2) is 17.9 Å². The van der Waals surface area contributed by atoms with Gasteiger partial charge in [0.15, 0.2) is 0 Å². The first-order valence-electron chi connectivity index (χ1n) is 7.13. The molecular weight excluding hydrogens is 241 g/mol. The van der Waals surface area contributed by atoms with Crippen LogP contribution in [0.2, 0.25) is 0 Å². The summed E-state index contributed by atoms with van der Waals surface area (Å²) in [5, 5.41) is 8.69. The summed E-state index contributed by atoms with van der Waals surface area (Å²) >= 11 is 0. The Morgan fingerprint density at radius 2 is 1.61 bits per heavy atom.